The Labute approximate surface area is 188 Å². The first-order valence-electron chi connectivity index (χ1n) is 9.44. The number of nitrogens with zero attached hydrogens (tertiary/aromatic N) is 3. The summed E-state index contributed by atoms with van der Waals surface area (Å²) < 4.78 is 11.0. The fourth-order valence-electron chi connectivity index (χ4n) is 3.43. The molecule has 0 saturated carbocycles. The van der Waals surface area contributed by atoms with Crippen molar-refractivity contribution >= 4 is 44.9 Å². The molecular formula is C23H19BrN4O3. The minimum absolute atomic E-state index is 0.117. The van der Waals surface area contributed by atoms with Gasteiger partial charge in [-0.25, -0.2) is 9.78 Å². The number of nitrogens with two attached hydrogens (primary N) is 1. The number of carbonyl (C=O) groups is 1. The molecule has 2 aromatic rings. The van der Waals surface area contributed by atoms with E-state index >= 15 is 0 Å². The fraction of sp³-hybridized carbons (Fsp3) is 0.217. The summed E-state index contributed by atoms with van der Waals surface area (Å²) in [5.74, 6) is 0.180. The molecule has 0 atom stereocenters. The van der Waals surface area contributed by atoms with Crippen molar-refractivity contribution in [1.82, 2.24) is 4.98 Å². The van der Waals surface area contributed by atoms with E-state index in [1.54, 1.807) is 19.9 Å². The molecule has 1 aromatic heterocycles. The van der Waals surface area contributed by atoms with E-state index in [4.69, 9.17) is 15.2 Å². The quantitative estimate of drug-likeness (QED) is 0.631. The molecule has 8 heteroatoms. The van der Waals surface area contributed by atoms with Crippen LogP contribution in [0.2, 0.25) is 0 Å². The molecule has 0 saturated heterocycles. The van der Waals surface area contributed by atoms with Crippen molar-refractivity contribution in [3.63, 3.8) is 0 Å². The number of nitriles is 2. The van der Waals surface area contributed by atoms with Gasteiger partial charge in [0.1, 0.15) is 23.7 Å². The highest BCUT2D eigenvalue weighted by atomic mass is 79.9. The monoisotopic (exact) mass is 478 g/mol. The number of nitrogen functional groups attached to an aromatic ring is 1. The largest absolute Gasteiger partial charge is 0.481 e. The number of hydrogen-bond acceptors (Lipinski definition) is 7. The molecule has 1 aromatic carbocycles. The van der Waals surface area contributed by atoms with Crippen LogP contribution in [0.15, 0.2) is 28.2 Å². The van der Waals surface area contributed by atoms with Crippen molar-refractivity contribution < 1.29 is 14.3 Å². The maximum Gasteiger partial charge on any atom is 0.344 e. The van der Waals surface area contributed by atoms with Crippen molar-refractivity contribution in [2.75, 3.05) is 18.9 Å². The lowest BCUT2D eigenvalue weighted by Crippen LogP contribution is -2.14. The number of aromatic nitrogens is 1. The van der Waals surface area contributed by atoms with Crippen LogP contribution >= 0.6 is 15.9 Å². The molecule has 0 amide bonds. The first-order chi connectivity index (χ1) is 14.8. The van der Waals surface area contributed by atoms with Gasteiger partial charge in [0.2, 0.25) is 0 Å². The summed E-state index contributed by atoms with van der Waals surface area (Å²) in [5, 5.41) is 19.1. The van der Waals surface area contributed by atoms with Gasteiger partial charge in [0.25, 0.3) is 0 Å². The van der Waals surface area contributed by atoms with Crippen LogP contribution in [0.4, 0.5) is 5.82 Å². The van der Waals surface area contributed by atoms with Crippen molar-refractivity contribution in [3.05, 3.63) is 56.2 Å². The van der Waals surface area contributed by atoms with Gasteiger partial charge < -0.3 is 15.2 Å². The molecule has 3 rings (SSSR count). The Hall–Kier alpha value is -3.62. The number of fused-ring (bicyclic) bond motifs is 1. The van der Waals surface area contributed by atoms with Crippen molar-refractivity contribution in [2.24, 2.45) is 0 Å². The van der Waals surface area contributed by atoms with Crippen LogP contribution in [0, 0.1) is 29.6 Å². The van der Waals surface area contributed by atoms with E-state index in [9.17, 15) is 15.3 Å². The number of benzene rings is 1. The van der Waals surface area contributed by atoms with Crippen LogP contribution in [-0.2, 0) is 9.53 Å². The van der Waals surface area contributed by atoms with Gasteiger partial charge in [-0.2, -0.15) is 10.5 Å². The van der Waals surface area contributed by atoms with Crippen molar-refractivity contribution in [1.29, 1.82) is 10.5 Å². The van der Waals surface area contributed by atoms with Crippen LogP contribution in [0.5, 0.6) is 5.75 Å². The Kier molecular flexibility index (Phi) is 6.43. The van der Waals surface area contributed by atoms with E-state index in [1.807, 2.05) is 25.1 Å². The third-order valence-electron chi connectivity index (χ3n) is 4.90. The predicted octanol–water partition coefficient (Wildman–Crippen LogP) is 4.40. The maximum atomic E-state index is 11.5. The number of pyridine rings is 1. The molecule has 31 heavy (non-hydrogen) atoms. The summed E-state index contributed by atoms with van der Waals surface area (Å²) in [6, 6.07) is 9.71. The van der Waals surface area contributed by atoms with E-state index in [0.717, 1.165) is 22.3 Å². The Bertz CT molecular complexity index is 1230. The van der Waals surface area contributed by atoms with Gasteiger partial charge in [0.15, 0.2) is 6.61 Å². The van der Waals surface area contributed by atoms with E-state index < -0.39 is 5.97 Å². The average Bonchev–Trinajstić information content (AvgIpc) is 2.98. The molecule has 7 nitrogen and oxygen atoms in total. The minimum Gasteiger partial charge on any atom is -0.481 e. The molecule has 0 spiro atoms. The first-order valence-corrected chi connectivity index (χ1v) is 10.2. The van der Waals surface area contributed by atoms with Crippen LogP contribution in [0.3, 0.4) is 0 Å². The van der Waals surface area contributed by atoms with E-state index in [-0.39, 0.29) is 12.4 Å². The summed E-state index contributed by atoms with van der Waals surface area (Å²) in [4.78, 5) is 15.8. The number of ether oxygens (including phenoxy) is 2. The van der Waals surface area contributed by atoms with Gasteiger partial charge in [-0.3, -0.25) is 0 Å². The summed E-state index contributed by atoms with van der Waals surface area (Å²) in [7, 11) is 0. The average molecular weight is 479 g/mol. The SMILES string of the molecule is CCOC(=O)COc1ccc(/C=C2\C(C)=C(C#N)c3nc(N)c(C#N)c(C)c32)cc1Br. The molecule has 1 aliphatic rings. The number of halogens is 1. The van der Waals surface area contributed by atoms with Gasteiger partial charge >= 0.3 is 5.97 Å². The van der Waals surface area contributed by atoms with Gasteiger partial charge in [-0.05, 0) is 77.2 Å². The van der Waals surface area contributed by atoms with Crippen LogP contribution < -0.4 is 10.5 Å². The number of allylic oxidation sites excluding steroid dienone is 3. The van der Waals surface area contributed by atoms with Crippen LogP contribution in [0.1, 0.15) is 41.8 Å². The zero-order valence-corrected chi connectivity index (χ0v) is 18.8. The van der Waals surface area contributed by atoms with E-state index in [1.165, 1.54) is 0 Å². The lowest BCUT2D eigenvalue weighted by atomic mass is 9.95. The van der Waals surface area contributed by atoms with Gasteiger partial charge in [-0.1, -0.05) is 6.07 Å². The predicted molar refractivity (Wildman–Crippen MR) is 120 cm³/mol. The zero-order chi connectivity index (χ0) is 22.7. The highest BCUT2D eigenvalue weighted by molar-refractivity contribution is 9.10. The second-order valence-electron chi connectivity index (χ2n) is 6.79. The summed E-state index contributed by atoms with van der Waals surface area (Å²) >= 11 is 3.46. The Balaban J connectivity index is 2.03. The topological polar surface area (TPSA) is 122 Å². The molecule has 0 radical (unpaired) electrons. The van der Waals surface area contributed by atoms with Crippen molar-refractivity contribution in [2.45, 2.75) is 20.8 Å². The molecule has 0 bridgehead atoms. The maximum absolute atomic E-state index is 11.5. The van der Waals surface area contributed by atoms with Gasteiger partial charge in [-0.15, -0.1) is 0 Å². The van der Waals surface area contributed by atoms with E-state index in [2.05, 4.69) is 33.1 Å². The summed E-state index contributed by atoms with van der Waals surface area (Å²) in [6.07, 6.45) is 1.92. The fourth-order valence-corrected chi connectivity index (χ4v) is 3.94. The number of carbonyl (C=O) groups excluding carboxylic acids is 1. The highest BCUT2D eigenvalue weighted by Gasteiger charge is 2.29. The second-order valence-corrected chi connectivity index (χ2v) is 7.64. The molecule has 1 aliphatic carbocycles. The third-order valence-corrected chi connectivity index (χ3v) is 5.52. The molecular weight excluding hydrogens is 460 g/mol. The molecule has 0 fully saturated rings. The summed E-state index contributed by atoms with van der Waals surface area (Å²) in [5.41, 5.74) is 11.0. The lowest BCUT2D eigenvalue weighted by Gasteiger charge is -2.12. The smallest absolute Gasteiger partial charge is 0.344 e. The highest BCUT2D eigenvalue weighted by Crippen LogP contribution is 2.44. The van der Waals surface area contributed by atoms with Gasteiger partial charge in [0.05, 0.1) is 27.9 Å². The third kappa shape index (κ3) is 4.16. The second kappa shape index (κ2) is 9.03. The number of anilines is 1. The summed E-state index contributed by atoms with van der Waals surface area (Å²) in [6.45, 7) is 5.49. The molecule has 1 heterocycles. The standard InChI is InChI=1S/C23H19BrN4O3/c1-4-30-20(29)11-31-19-6-5-14(8-18(19)24)7-15-12(2)16(9-25)22-21(15)13(3)17(10-26)23(27)28-22/h5-8H,4,11H2,1-3H3,(H2,27,28)/b15-7+. The molecule has 0 unspecified atom stereocenters. The van der Waals surface area contributed by atoms with Crippen molar-refractivity contribution in [3.8, 4) is 17.9 Å². The van der Waals surface area contributed by atoms with Gasteiger partial charge in [0, 0.05) is 5.56 Å². The molecule has 2 N–H and O–H groups in total. The minimum atomic E-state index is -0.441. The van der Waals surface area contributed by atoms with Crippen LogP contribution in [-0.4, -0.2) is 24.2 Å². The lowest BCUT2D eigenvalue weighted by molar-refractivity contribution is -0.145. The Morgan fingerprint density at radius 3 is 2.65 bits per heavy atom. The van der Waals surface area contributed by atoms with Crippen LogP contribution in [0.25, 0.3) is 17.2 Å². The molecule has 156 valence electrons. The first kappa shape index (κ1) is 22.1. The Morgan fingerprint density at radius 2 is 2.03 bits per heavy atom. The number of esters is 1. The van der Waals surface area contributed by atoms with E-state index in [0.29, 0.717) is 39.2 Å². The number of hydrogen-bond donors (Lipinski definition) is 1. The molecule has 0 aliphatic heterocycles. The Morgan fingerprint density at radius 1 is 1.29 bits per heavy atom. The number of rotatable bonds is 5. The normalized spacial score (nSPS) is 13.5. The zero-order valence-electron chi connectivity index (χ0n) is 17.2.